The minimum Gasteiger partial charge on any atom is -0.393 e. The van der Waals surface area contributed by atoms with Crippen molar-refractivity contribution in [3.8, 4) is 0 Å². The van der Waals surface area contributed by atoms with Crippen LogP contribution >= 0.6 is 23.5 Å². The molecule has 1 aliphatic rings. The average molecular weight is 405 g/mol. The zero-order chi connectivity index (χ0) is 19.1. The molecule has 4 nitrogen and oxygen atoms in total. The topological polar surface area (TPSA) is 47.9 Å². The van der Waals surface area contributed by atoms with Crippen molar-refractivity contribution < 1.29 is 19.3 Å². The SMILES string of the molecule is C=CCCC(O)CC1(CC(CCC=C)OCOCCOC)SCCCS1. The number of rotatable bonds is 16. The summed E-state index contributed by atoms with van der Waals surface area (Å²) in [6.07, 6.45) is 10.1. The number of thioether (sulfide) groups is 2. The molecule has 1 fully saturated rings. The lowest BCUT2D eigenvalue weighted by molar-refractivity contribution is -0.102. The van der Waals surface area contributed by atoms with E-state index in [2.05, 4.69) is 13.2 Å². The van der Waals surface area contributed by atoms with Crippen LogP contribution in [0.5, 0.6) is 0 Å². The largest absolute Gasteiger partial charge is 0.393 e. The highest BCUT2D eigenvalue weighted by atomic mass is 32.2. The summed E-state index contributed by atoms with van der Waals surface area (Å²) in [6.45, 7) is 9.00. The second-order valence-electron chi connectivity index (χ2n) is 6.56. The third-order valence-corrected chi connectivity index (χ3v) is 7.73. The van der Waals surface area contributed by atoms with Crippen LogP contribution in [0.2, 0.25) is 0 Å². The van der Waals surface area contributed by atoms with Crippen LogP contribution < -0.4 is 0 Å². The molecule has 1 saturated heterocycles. The zero-order valence-electron chi connectivity index (χ0n) is 16.2. The van der Waals surface area contributed by atoms with Crippen LogP contribution in [0.3, 0.4) is 0 Å². The molecule has 1 rings (SSSR count). The molecule has 152 valence electrons. The Morgan fingerprint density at radius 3 is 2.42 bits per heavy atom. The van der Waals surface area contributed by atoms with E-state index >= 15 is 0 Å². The van der Waals surface area contributed by atoms with E-state index in [4.69, 9.17) is 14.2 Å². The molecule has 0 bridgehead atoms. The molecule has 1 N–H and O–H groups in total. The second kappa shape index (κ2) is 15.0. The van der Waals surface area contributed by atoms with Gasteiger partial charge in [-0.1, -0.05) is 12.2 Å². The summed E-state index contributed by atoms with van der Waals surface area (Å²) in [5.74, 6) is 2.30. The average Bonchev–Trinajstić information content (AvgIpc) is 2.64. The number of hydrogen-bond acceptors (Lipinski definition) is 6. The van der Waals surface area contributed by atoms with Gasteiger partial charge in [-0.15, -0.1) is 36.7 Å². The Labute approximate surface area is 168 Å². The molecular weight excluding hydrogens is 368 g/mol. The summed E-state index contributed by atoms with van der Waals surface area (Å²) in [5, 5.41) is 10.5. The van der Waals surface area contributed by atoms with Gasteiger partial charge in [-0.3, -0.25) is 0 Å². The van der Waals surface area contributed by atoms with Crippen molar-refractivity contribution in [2.75, 3.05) is 38.6 Å². The van der Waals surface area contributed by atoms with Crippen molar-refractivity contribution in [1.82, 2.24) is 0 Å². The molecule has 0 spiro atoms. The highest BCUT2D eigenvalue weighted by Gasteiger charge is 2.38. The van der Waals surface area contributed by atoms with Gasteiger partial charge in [-0.25, -0.2) is 0 Å². The Balaban J connectivity index is 2.62. The van der Waals surface area contributed by atoms with Crippen molar-refractivity contribution in [3.05, 3.63) is 25.3 Å². The van der Waals surface area contributed by atoms with Crippen LogP contribution in [0.25, 0.3) is 0 Å². The molecule has 0 aromatic rings. The molecule has 0 radical (unpaired) electrons. The van der Waals surface area contributed by atoms with Crippen LogP contribution in [-0.2, 0) is 14.2 Å². The molecule has 0 aromatic heterocycles. The number of aliphatic hydroxyl groups is 1. The summed E-state index contributed by atoms with van der Waals surface area (Å²) in [5.41, 5.74) is 0. The normalized spacial score (nSPS) is 19.0. The lowest BCUT2D eigenvalue weighted by Crippen LogP contribution is -2.35. The molecule has 2 unspecified atom stereocenters. The molecule has 1 heterocycles. The van der Waals surface area contributed by atoms with Gasteiger partial charge in [-0.2, -0.15) is 0 Å². The molecule has 0 aliphatic carbocycles. The minimum atomic E-state index is -0.288. The molecular formula is C20H36O4S2. The fraction of sp³-hybridized carbons (Fsp3) is 0.800. The number of methoxy groups -OCH3 is 1. The van der Waals surface area contributed by atoms with Crippen molar-refractivity contribution in [2.45, 2.75) is 61.2 Å². The smallest absolute Gasteiger partial charge is 0.147 e. The summed E-state index contributed by atoms with van der Waals surface area (Å²) in [6, 6.07) is 0. The van der Waals surface area contributed by atoms with E-state index in [0.29, 0.717) is 13.2 Å². The van der Waals surface area contributed by atoms with E-state index in [1.807, 2.05) is 35.7 Å². The highest BCUT2D eigenvalue weighted by molar-refractivity contribution is 8.18. The Kier molecular flexibility index (Phi) is 13.9. The van der Waals surface area contributed by atoms with Gasteiger partial charge >= 0.3 is 0 Å². The maximum atomic E-state index is 10.5. The molecule has 0 amide bonds. The molecule has 2 atom stereocenters. The molecule has 26 heavy (non-hydrogen) atoms. The fourth-order valence-electron chi connectivity index (χ4n) is 2.95. The first-order valence-corrected chi connectivity index (χ1v) is 11.5. The lowest BCUT2D eigenvalue weighted by Gasteiger charge is -2.40. The van der Waals surface area contributed by atoms with Crippen LogP contribution in [-0.4, -0.2) is 60.0 Å². The van der Waals surface area contributed by atoms with Gasteiger partial charge in [0.25, 0.3) is 0 Å². The van der Waals surface area contributed by atoms with Gasteiger partial charge in [0.05, 0.1) is 29.5 Å². The third-order valence-electron chi connectivity index (χ3n) is 4.32. The Morgan fingerprint density at radius 2 is 1.77 bits per heavy atom. The maximum Gasteiger partial charge on any atom is 0.147 e. The van der Waals surface area contributed by atoms with Crippen molar-refractivity contribution >= 4 is 23.5 Å². The van der Waals surface area contributed by atoms with Crippen LogP contribution in [0.1, 0.15) is 44.9 Å². The van der Waals surface area contributed by atoms with Gasteiger partial charge in [-0.05, 0) is 56.5 Å². The third kappa shape index (κ3) is 10.4. The van der Waals surface area contributed by atoms with E-state index in [1.54, 1.807) is 7.11 Å². The van der Waals surface area contributed by atoms with Gasteiger partial charge in [0.1, 0.15) is 6.79 Å². The van der Waals surface area contributed by atoms with Gasteiger partial charge < -0.3 is 19.3 Å². The fourth-order valence-corrected chi connectivity index (χ4v) is 6.51. The highest BCUT2D eigenvalue weighted by Crippen LogP contribution is 2.49. The quantitative estimate of drug-likeness (QED) is 0.230. The van der Waals surface area contributed by atoms with Gasteiger partial charge in [0.2, 0.25) is 0 Å². The Bertz CT molecular complexity index is 373. The number of aliphatic hydroxyl groups excluding tert-OH is 1. The number of hydrogen-bond donors (Lipinski definition) is 1. The molecule has 1 aliphatic heterocycles. The van der Waals surface area contributed by atoms with E-state index in [0.717, 1.165) is 50.0 Å². The zero-order valence-corrected chi connectivity index (χ0v) is 17.8. The Morgan fingerprint density at radius 1 is 1.08 bits per heavy atom. The predicted octanol–water partition coefficient (Wildman–Crippen LogP) is 4.63. The summed E-state index contributed by atoms with van der Waals surface area (Å²) in [4.78, 5) is 0. The van der Waals surface area contributed by atoms with Crippen LogP contribution in [0.4, 0.5) is 0 Å². The van der Waals surface area contributed by atoms with Crippen molar-refractivity contribution in [1.29, 1.82) is 0 Å². The van der Waals surface area contributed by atoms with Crippen LogP contribution in [0.15, 0.2) is 25.3 Å². The Hall–Kier alpha value is 0.0200. The monoisotopic (exact) mass is 404 g/mol. The molecule has 6 heteroatoms. The lowest BCUT2D eigenvalue weighted by atomic mass is 10.0. The van der Waals surface area contributed by atoms with Crippen LogP contribution in [0, 0.1) is 0 Å². The van der Waals surface area contributed by atoms with Crippen molar-refractivity contribution in [3.63, 3.8) is 0 Å². The predicted molar refractivity (Wildman–Crippen MR) is 114 cm³/mol. The minimum absolute atomic E-state index is 0.0250. The first-order valence-electron chi connectivity index (χ1n) is 9.52. The summed E-state index contributed by atoms with van der Waals surface area (Å²) in [7, 11) is 1.66. The van der Waals surface area contributed by atoms with E-state index in [9.17, 15) is 5.11 Å². The van der Waals surface area contributed by atoms with Gasteiger partial charge in [0, 0.05) is 7.11 Å². The van der Waals surface area contributed by atoms with E-state index < -0.39 is 0 Å². The molecule has 0 saturated carbocycles. The molecule has 0 aromatic carbocycles. The van der Waals surface area contributed by atoms with E-state index in [1.165, 1.54) is 6.42 Å². The first kappa shape index (κ1) is 24.1. The van der Waals surface area contributed by atoms with Gasteiger partial charge in [0.15, 0.2) is 0 Å². The maximum absolute atomic E-state index is 10.5. The first-order chi connectivity index (χ1) is 12.7. The van der Waals surface area contributed by atoms with E-state index in [-0.39, 0.29) is 23.1 Å². The number of allylic oxidation sites excluding steroid dienone is 2. The second-order valence-corrected chi connectivity index (χ2v) is 9.78. The standard InChI is InChI=1S/C20H36O4S2/c1-4-6-9-18(21)15-20(25-13-8-14-26-20)16-19(10-7-5-2)24-17-23-12-11-22-3/h4-5,18-19,21H,1-2,6-17H2,3H3. The summed E-state index contributed by atoms with van der Waals surface area (Å²) >= 11 is 3.98. The number of ether oxygens (including phenoxy) is 3. The van der Waals surface area contributed by atoms with Crippen molar-refractivity contribution in [2.24, 2.45) is 0 Å². The summed E-state index contributed by atoms with van der Waals surface area (Å²) < 4.78 is 16.5.